The SMILES string of the molecule is C[C@H](NCC(F)(F)F)c1cccs1. The number of nitrogens with one attached hydrogen (secondary N) is 1. The predicted molar refractivity (Wildman–Crippen MR) is 46.8 cm³/mol. The van der Waals surface area contributed by atoms with Crippen LogP contribution in [0, 0.1) is 0 Å². The van der Waals surface area contributed by atoms with Crippen LogP contribution in [-0.4, -0.2) is 12.7 Å². The highest BCUT2D eigenvalue weighted by Crippen LogP contribution is 2.20. The number of alkyl halides is 3. The minimum absolute atomic E-state index is 0.235. The molecular weight excluding hydrogens is 199 g/mol. The normalized spacial score (nSPS) is 14.5. The molecule has 1 aromatic heterocycles. The maximum atomic E-state index is 11.8. The van der Waals surface area contributed by atoms with Crippen molar-refractivity contribution in [3.05, 3.63) is 22.4 Å². The Labute approximate surface area is 78.6 Å². The summed E-state index contributed by atoms with van der Waals surface area (Å²) >= 11 is 1.45. The zero-order chi connectivity index (χ0) is 9.90. The van der Waals surface area contributed by atoms with Gasteiger partial charge in [-0.3, -0.25) is 0 Å². The summed E-state index contributed by atoms with van der Waals surface area (Å²) < 4.78 is 35.4. The van der Waals surface area contributed by atoms with Crippen LogP contribution in [0.1, 0.15) is 17.8 Å². The standard InChI is InChI=1S/C8H10F3NS/c1-6(7-3-2-4-13-7)12-5-8(9,10)11/h2-4,6,12H,5H2,1H3/t6-/m0/s1. The summed E-state index contributed by atoms with van der Waals surface area (Å²) in [5.74, 6) is 0. The highest BCUT2D eigenvalue weighted by atomic mass is 32.1. The first-order chi connectivity index (χ1) is 5.99. The molecule has 1 heterocycles. The zero-order valence-corrected chi connectivity index (χ0v) is 7.88. The lowest BCUT2D eigenvalue weighted by molar-refractivity contribution is -0.126. The van der Waals surface area contributed by atoms with Gasteiger partial charge >= 0.3 is 6.18 Å². The van der Waals surface area contributed by atoms with E-state index in [-0.39, 0.29) is 6.04 Å². The van der Waals surface area contributed by atoms with E-state index in [1.165, 1.54) is 11.3 Å². The monoisotopic (exact) mass is 209 g/mol. The van der Waals surface area contributed by atoms with Gasteiger partial charge in [0.05, 0.1) is 6.54 Å². The highest BCUT2D eigenvalue weighted by Gasteiger charge is 2.27. The third-order valence-corrected chi connectivity index (χ3v) is 2.63. The Balaban J connectivity index is 2.39. The molecule has 0 bridgehead atoms. The molecule has 0 radical (unpaired) electrons. The van der Waals surface area contributed by atoms with E-state index in [9.17, 15) is 13.2 Å². The lowest BCUT2D eigenvalue weighted by atomic mass is 10.3. The molecular formula is C8H10F3NS. The third-order valence-electron chi connectivity index (χ3n) is 1.58. The predicted octanol–water partition coefficient (Wildman–Crippen LogP) is 2.96. The van der Waals surface area contributed by atoms with E-state index >= 15 is 0 Å². The Bertz CT molecular complexity index is 242. The minimum atomic E-state index is -4.13. The van der Waals surface area contributed by atoms with Crippen molar-refractivity contribution < 1.29 is 13.2 Å². The first kappa shape index (κ1) is 10.5. The van der Waals surface area contributed by atoms with Gasteiger partial charge in [0.25, 0.3) is 0 Å². The first-order valence-electron chi connectivity index (χ1n) is 3.82. The number of thiophene rings is 1. The fourth-order valence-electron chi connectivity index (χ4n) is 0.907. The van der Waals surface area contributed by atoms with E-state index in [4.69, 9.17) is 0 Å². The summed E-state index contributed by atoms with van der Waals surface area (Å²) in [6, 6.07) is 3.41. The fourth-order valence-corrected chi connectivity index (χ4v) is 1.67. The van der Waals surface area contributed by atoms with E-state index in [0.29, 0.717) is 0 Å². The van der Waals surface area contributed by atoms with Crippen molar-refractivity contribution in [1.29, 1.82) is 0 Å². The van der Waals surface area contributed by atoms with Crippen LogP contribution in [0.15, 0.2) is 17.5 Å². The Morgan fingerprint density at radius 1 is 1.54 bits per heavy atom. The van der Waals surface area contributed by atoms with Crippen LogP contribution in [0.25, 0.3) is 0 Å². The maximum Gasteiger partial charge on any atom is 0.401 e. The van der Waals surface area contributed by atoms with Crippen molar-refractivity contribution in [3.8, 4) is 0 Å². The number of halogens is 3. The van der Waals surface area contributed by atoms with Gasteiger partial charge in [-0.05, 0) is 18.4 Å². The van der Waals surface area contributed by atoms with Gasteiger partial charge in [0, 0.05) is 10.9 Å². The fraction of sp³-hybridized carbons (Fsp3) is 0.500. The Morgan fingerprint density at radius 2 is 2.23 bits per heavy atom. The molecule has 0 spiro atoms. The molecule has 0 aliphatic heterocycles. The number of hydrogen-bond acceptors (Lipinski definition) is 2. The molecule has 0 unspecified atom stereocenters. The second kappa shape index (κ2) is 4.11. The van der Waals surface area contributed by atoms with Crippen LogP contribution in [0.2, 0.25) is 0 Å². The molecule has 1 atom stereocenters. The Hall–Kier alpha value is -0.550. The van der Waals surface area contributed by atoms with Crippen LogP contribution in [0.5, 0.6) is 0 Å². The van der Waals surface area contributed by atoms with Gasteiger partial charge < -0.3 is 5.32 Å². The van der Waals surface area contributed by atoms with Crippen LogP contribution >= 0.6 is 11.3 Å². The number of rotatable bonds is 3. The summed E-state index contributed by atoms with van der Waals surface area (Å²) in [6.07, 6.45) is -4.13. The first-order valence-corrected chi connectivity index (χ1v) is 4.70. The quantitative estimate of drug-likeness (QED) is 0.807. The molecule has 0 aliphatic rings. The van der Waals surface area contributed by atoms with Crippen LogP contribution in [0.3, 0.4) is 0 Å². The number of hydrogen-bond donors (Lipinski definition) is 1. The van der Waals surface area contributed by atoms with Crippen LogP contribution < -0.4 is 5.32 Å². The van der Waals surface area contributed by atoms with Crippen molar-refractivity contribution in [3.63, 3.8) is 0 Å². The molecule has 0 fully saturated rings. The lowest BCUT2D eigenvalue weighted by Gasteiger charge is -2.13. The molecule has 13 heavy (non-hydrogen) atoms. The van der Waals surface area contributed by atoms with E-state index < -0.39 is 12.7 Å². The molecule has 1 aromatic rings. The summed E-state index contributed by atoms with van der Waals surface area (Å²) in [7, 11) is 0. The summed E-state index contributed by atoms with van der Waals surface area (Å²) in [5.41, 5.74) is 0. The molecule has 0 aromatic carbocycles. The van der Waals surface area contributed by atoms with Crippen molar-refractivity contribution >= 4 is 11.3 Å². The molecule has 5 heteroatoms. The highest BCUT2D eigenvalue weighted by molar-refractivity contribution is 7.10. The average Bonchev–Trinajstić information content (AvgIpc) is 2.50. The molecule has 0 saturated heterocycles. The van der Waals surface area contributed by atoms with E-state index in [1.54, 1.807) is 6.92 Å². The minimum Gasteiger partial charge on any atom is -0.301 e. The van der Waals surface area contributed by atoms with Crippen LogP contribution in [0.4, 0.5) is 13.2 Å². The smallest absolute Gasteiger partial charge is 0.301 e. The van der Waals surface area contributed by atoms with Crippen molar-refractivity contribution in [2.45, 2.75) is 19.1 Å². The Kier molecular flexibility index (Phi) is 3.33. The van der Waals surface area contributed by atoms with Gasteiger partial charge in [0.1, 0.15) is 0 Å². The third kappa shape index (κ3) is 3.78. The molecule has 0 aliphatic carbocycles. The van der Waals surface area contributed by atoms with E-state index in [1.807, 2.05) is 17.5 Å². The largest absolute Gasteiger partial charge is 0.401 e. The second-order valence-corrected chi connectivity index (χ2v) is 3.71. The summed E-state index contributed by atoms with van der Waals surface area (Å²) in [6.45, 7) is 0.781. The van der Waals surface area contributed by atoms with Crippen molar-refractivity contribution in [2.75, 3.05) is 6.54 Å². The molecule has 0 saturated carbocycles. The van der Waals surface area contributed by atoms with Gasteiger partial charge in [0.15, 0.2) is 0 Å². The van der Waals surface area contributed by atoms with E-state index in [0.717, 1.165) is 4.88 Å². The second-order valence-electron chi connectivity index (χ2n) is 2.73. The molecule has 0 amide bonds. The van der Waals surface area contributed by atoms with Gasteiger partial charge in [-0.1, -0.05) is 6.07 Å². The summed E-state index contributed by atoms with van der Waals surface area (Å²) in [4.78, 5) is 0.921. The lowest BCUT2D eigenvalue weighted by Crippen LogP contribution is -2.30. The van der Waals surface area contributed by atoms with Gasteiger partial charge in [-0.2, -0.15) is 13.2 Å². The summed E-state index contributed by atoms with van der Waals surface area (Å²) in [5, 5.41) is 4.26. The van der Waals surface area contributed by atoms with Crippen molar-refractivity contribution in [2.24, 2.45) is 0 Å². The zero-order valence-electron chi connectivity index (χ0n) is 7.06. The maximum absolute atomic E-state index is 11.8. The van der Waals surface area contributed by atoms with Gasteiger partial charge in [-0.15, -0.1) is 11.3 Å². The molecule has 1 N–H and O–H groups in total. The molecule has 1 nitrogen and oxygen atoms in total. The van der Waals surface area contributed by atoms with Gasteiger partial charge in [0.2, 0.25) is 0 Å². The van der Waals surface area contributed by atoms with Crippen LogP contribution in [-0.2, 0) is 0 Å². The van der Waals surface area contributed by atoms with Crippen molar-refractivity contribution in [1.82, 2.24) is 5.32 Å². The average molecular weight is 209 g/mol. The topological polar surface area (TPSA) is 12.0 Å². The molecule has 74 valence electrons. The Morgan fingerprint density at radius 3 is 2.69 bits per heavy atom. The van der Waals surface area contributed by atoms with Gasteiger partial charge in [-0.25, -0.2) is 0 Å². The molecule has 1 rings (SSSR count). The van der Waals surface area contributed by atoms with E-state index in [2.05, 4.69) is 5.32 Å².